The Bertz CT molecular complexity index is 891. The van der Waals surface area contributed by atoms with Crippen molar-refractivity contribution >= 4 is 39.2 Å². The van der Waals surface area contributed by atoms with Gasteiger partial charge in [0.2, 0.25) is 5.91 Å². The van der Waals surface area contributed by atoms with Gasteiger partial charge in [-0.2, -0.15) is 0 Å². The molecular weight excluding hydrogens is 406 g/mol. The number of unbranched alkanes of at least 4 members (excludes halogenated alkanes) is 3. The van der Waals surface area contributed by atoms with Crippen molar-refractivity contribution in [2.24, 2.45) is 0 Å². The molecule has 2 aromatic heterocycles. The normalized spacial score (nSPS) is 13.2. The summed E-state index contributed by atoms with van der Waals surface area (Å²) in [6, 6.07) is 0. The molecule has 0 aliphatic heterocycles. The minimum absolute atomic E-state index is 0.0355. The number of thioether (sulfide) groups is 1. The summed E-state index contributed by atoms with van der Waals surface area (Å²) in [5, 5.41) is 4.40. The van der Waals surface area contributed by atoms with E-state index in [4.69, 9.17) is 9.72 Å². The van der Waals surface area contributed by atoms with Gasteiger partial charge in [-0.3, -0.25) is 14.2 Å². The largest absolute Gasteiger partial charge is 0.385 e. The third-order valence-corrected chi connectivity index (χ3v) is 7.37. The van der Waals surface area contributed by atoms with Crippen LogP contribution in [0, 0.1) is 0 Å². The second-order valence-corrected chi connectivity index (χ2v) is 9.46. The number of aryl methyl sites for hydroxylation is 2. The summed E-state index contributed by atoms with van der Waals surface area (Å²) in [5.74, 6) is 0.233. The van der Waals surface area contributed by atoms with Crippen molar-refractivity contribution in [3.63, 3.8) is 0 Å². The summed E-state index contributed by atoms with van der Waals surface area (Å²) in [7, 11) is 1.65. The molecule has 0 atom stereocenters. The van der Waals surface area contributed by atoms with E-state index >= 15 is 0 Å². The monoisotopic (exact) mass is 437 g/mol. The molecule has 6 nitrogen and oxygen atoms in total. The highest BCUT2D eigenvalue weighted by Crippen LogP contribution is 2.35. The fraction of sp³-hybridized carbons (Fsp3) is 0.667. The Balaban J connectivity index is 1.77. The topological polar surface area (TPSA) is 73.2 Å². The lowest BCUT2D eigenvalue weighted by atomic mass is 10.2. The predicted octanol–water partition coefficient (Wildman–Crippen LogP) is 3.77. The lowest BCUT2D eigenvalue weighted by Crippen LogP contribution is -2.28. The van der Waals surface area contributed by atoms with Crippen LogP contribution in [-0.4, -0.2) is 41.5 Å². The van der Waals surface area contributed by atoms with E-state index in [1.54, 1.807) is 18.4 Å². The molecule has 8 heteroatoms. The Kier molecular flexibility index (Phi) is 8.56. The zero-order valence-corrected chi connectivity index (χ0v) is 19.1. The quantitative estimate of drug-likeness (QED) is 0.311. The minimum Gasteiger partial charge on any atom is -0.385 e. The summed E-state index contributed by atoms with van der Waals surface area (Å²) in [4.78, 5) is 32.5. The van der Waals surface area contributed by atoms with Crippen LogP contribution in [0.5, 0.6) is 0 Å². The molecule has 2 aromatic rings. The Hall–Kier alpha value is -1.38. The van der Waals surface area contributed by atoms with Crippen molar-refractivity contribution in [1.82, 2.24) is 14.9 Å². The number of fused-ring (bicyclic) bond motifs is 3. The lowest BCUT2D eigenvalue weighted by molar-refractivity contribution is -0.118. The van der Waals surface area contributed by atoms with Crippen molar-refractivity contribution in [2.45, 2.75) is 70.0 Å². The van der Waals surface area contributed by atoms with Crippen LogP contribution >= 0.6 is 23.1 Å². The van der Waals surface area contributed by atoms with E-state index in [1.165, 1.54) is 28.6 Å². The Morgan fingerprint density at radius 2 is 2.14 bits per heavy atom. The van der Waals surface area contributed by atoms with E-state index < -0.39 is 0 Å². The van der Waals surface area contributed by atoms with Crippen LogP contribution in [-0.2, 0) is 28.9 Å². The summed E-state index contributed by atoms with van der Waals surface area (Å²) >= 11 is 3.02. The van der Waals surface area contributed by atoms with E-state index in [9.17, 15) is 9.59 Å². The summed E-state index contributed by atoms with van der Waals surface area (Å²) in [6.45, 7) is 4.08. The summed E-state index contributed by atoms with van der Waals surface area (Å²) < 4.78 is 6.81. The fourth-order valence-electron chi connectivity index (χ4n) is 3.69. The third kappa shape index (κ3) is 5.61. The molecule has 0 spiro atoms. The number of nitrogens with zero attached hydrogens (tertiary/aromatic N) is 2. The second-order valence-electron chi connectivity index (χ2n) is 7.43. The van der Waals surface area contributed by atoms with Gasteiger partial charge in [-0.25, -0.2) is 4.98 Å². The van der Waals surface area contributed by atoms with Gasteiger partial charge >= 0.3 is 0 Å². The lowest BCUT2D eigenvalue weighted by Gasteiger charge is -2.12. The SMILES string of the molecule is CCCCCCn1c(SCC(=O)NCCCOC)nc2sc3c(c2c1=O)CCC3. The van der Waals surface area contributed by atoms with Gasteiger partial charge in [0.1, 0.15) is 4.83 Å². The standard InChI is InChI=1S/C21H31N3O3S2/c1-3-4-5-6-12-24-20(26)18-15-9-7-10-16(15)29-19(18)23-21(24)28-14-17(25)22-11-8-13-27-2/h3-14H2,1-2H3,(H,22,25). The molecule has 160 valence electrons. The first kappa shape index (κ1) is 22.3. The van der Waals surface area contributed by atoms with E-state index in [0.717, 1.165) is 55.2 Å². The number of carbonyl (C=O) groups is 1. The first-order chi connectivity index (χ1) is 14.2. The minimum atomic E-state index is -0.0355. The molecule has 3 rings (SSSR count). The van der Waals surface area contributed by atoms with Gasteiger partial charge in [0.05, 0.1) is 11.1 Å². The zero-order valence-electron chi connectivity index (χ0n) is 17.4. The van der Waals surface area contributed by atoms with E-state index in [1.807, 2.05) is 4.57 Å². The molecule has 1 N–H and O–H groups in total. The second kappa shape index (κ2) is 11.1. The molecule has 1 amide bonds. The number of methoxy groups -OCH3 is 1. The Morgan fingerprint density at radius 3 is 2.93 bits per heavy atom. The zero-order chi connectivity index (χ0) is 20.6. The number of rotatable bonds is 12. The molecule has 0 unspecified atom stereocenters. The van der Waals surface area contributed by atoms with Crippen molar-refractivity contribution in [3.8, 4) is 0 Å². The van der Waals surface area contributed by atoms with Crippen molar-refractivity contribution in [1.29, 1.82) is 0 Å². The Labute approximate surface area is 180 Å². The van der Waals surface area contributed by atoms with Crippen LogP contribution < -0.4 is 10.9 Å². The van der Waals surface area contributed by atoms with Gasteiger partial charge < -0.3 is 10.1 Å². The maximum atomic E-state index is 13.3. The van der Waals surface area contributed by atoms with Gasteiger partial charge in [0.15, 0.2) is 5.16 Å². The maximum Gasteiger partial charge on any atom is 0.263 e. The average molecular weight is 438 g/mol. The average Bonchev–Trinajstić information content (AvgIpc) is 3.29. The van der Waals surface area contributed by atoms with Crippen molar-refractivity contribution < 1.29 is 9.53 Å². The third-order valence-electron chi connectivity index (χ3n) is 5.20. The number of aromatic nitrogens is 2. The molecule has 0 saturated heterocycles. The predicted molar refractivity (Wildman–Crippen MR) is 120 cm³/mol. The van der Waals surface area contributed by atoms with Crippen LogP contribution in [0.3, 0.4) is 0 Å². The highest BCUT2D eigenvalue weighted by molar-refractivity contribution is 7.99. The molecule has 0 radical (unpaired) electrons. The number of thiophene rings is 1. The highest BCUT2D eigenvalue weighted by atomic mass is 32.2. The molecule has 2 heterocycles. The van der Waals surface area contributed by atoms with Gasteiger partial charge in [0.25, 0.3) is 5.56 Å². The van der Waals surface area contributed by atoms with Crippen LogP contribution in [0.4, 0.5) is 0 Å². The molecule has 1 aliphatic carbocycles. The molecule has 0 fully saturated rings. The van der Waals surface area contributed by atoms with Crippen LogP contribution in [0.15, 0.2) is 9.95 Å². The van der Waals surface area contributed by atoms with Gasteiger partial charge in [0, 0.05) is 31.7 Å². The first-order valence-electron chi connectivity index (χ1n) is 10.6. The van der Waals surface area contributed by atoms with Gasteiger partial charge in [-0.15, -0.1) is 11.3 Å². The molecule has 0 saturated carbocycles. The van der Waals surface area contributed by atoms with Crippen LogP contribution in [0.2, 0.25) is 0 Å². The summed E-state index contributed by atoms with van der Waals surface area (Å²) in [5.41, 5.74) is 1.30. The van der Waals surface area contributed by atoms with Gasteiger partial charge in [-0.1, -0.05) is 37.9 Å². The Morgan fingerprint density at radius 1 is 1.28 bits per heavy atom. The van der Waals surface area contributed by atoms with Crippen LogP contribution in [0.1, 0.15) is 55.9 Å². The summed E-state index contributed by atoms with van der Waals surface area (Å²) in [6.07, 6.45) is 8.36. The smallest absolute Gasteiger partial charge is 0.263 e. The first-order valence-corrected chi connectivity index (χ1v) is 12.4. The molecule has 0 bridgehead atoms. The van der Waals surface area contributed by atoms with Crippen LogP contribution in [0.25, 0.3) is 10.2 Å². The number of carbonyl (C=O) groups excluding carboxylic acids is 1. The molecule has 29 heavy (non-hydrogen) atoms. The van der Waals surface area contributed by atoms with Crippen molar-refractivity contribution in [3.05, 3.63) is 20.8 Å². The van der Waals surface area contributed by atoms with E-state index in [2.05, 4.69) is 12.2 Å². The molecular formula is C21H31N3O3S2. The number of hydrogen-bond acceptors (Lipinski definition) is 6. The fourth-order valence-corrected chi connectivity index (χ4v) is 5.85. The van der Waals surface area contributed by atoms with E-state index in [-0.39, 0.29) is 17.2 Å². The maximum absolute atomic E-state index is 13.3. The van der Waals surface area contributed by atoms with Gasteiger partial charge in [-0.05, 0) is 37.7 Å². The van der Waals surface area contributed by atoms with Crippen molar-refractivity contribution in [2.75, 3.05) is 26.0 Å². The molecule has 0 aromatic carbocycles. The number of hydrogen-bond donors (Lipinski definition) is 1. The number of nitrogens with one attached hydrogen (secondary N) is 1. The van der Waals surface area contributed by atoms with E-state index in [0.29, 0.717) is 24.9 Å². The number of amides is 1. The highest BCUT2D eigenvalue weighted by Gasteiger charge is 2.23. The number of ether oxygens (including phenoxy) is 1. The molecule has 1 aliphatic rings.